The van der Waals surface area contributed by atoms with Crippen molar-refractivity contribution in [2.45, 2.75) is 6.54 Å². The van der Waals surface area contributed by atoms with Crippen LogP contribution < -0.4 is 10.9 Å². The van der Waals surface area contributed by atoms with Crippen LogP contribution in [0.1, 0.15) is 20.7 Å². The Kier molecular flexibility index (Phi) is 5.02. The fourth-order valence-electron chi connectivity index (χ4n) is 1.89. The lowest BCUT2D eigenvalue weighted by atomic mass is 10.1. The topological polar surface area (TPSA) is 90.3 Å². The van der Waals surface area contributed by atoms with E-state index in [1.54, 1.807) is 18.2 Å². The summed E-state index contributed by atoms with van der Waals surface area (Å²) in [4.78, 5) is 35.2. The van der Waals surface area contributed by atoms with Crippen LogP contribution in [0.15, 0.2) is 47.4 Å². The molecule has 0 bridgehead atoms. The SMILES string of the molecule is COC(=O)c1ccccc1C(=O)NCCn1ncccc1=O. The molecule has 1 amide bonds. The number of carbonyl (C=O) groups excluding carboxylic acids is 2. The van der Waals surface area contributed by atoms with E-state index in [1.165, 1.54) is 36.2 Å². The van der Waals surface area contributed by atoms with Crippen LogP contribution in [0.4, 0.5) is 0 Å². The maximum atomic E-state index is 12.1. The number of hydrogen-bond acceptors (Lipinski definition) is 5. The van der Waals surface area contributed by atoms with Gasteiger partial charge in [0.1, 0.15) is 0 Å². The van der Waals surface area contributed by atoms with Gasteiger partial charge in [0.25, 0.3) is 11.5 Å². The molecular weight excluding hydrogens is 286 g/mol. The number of benzene rings is 1. The number of carbonyl (C=O) groups is 2. The number of hydrogen-bond donors (Lipinski definition) is 1. The quantitative estimate of drug-likeness (QED) is 0.810. The Morgan fingerprint density at radius 3 is 2.59 bits per heavy atom. The second kappa shape index (κ2) is 7.16. The Labute approximate surface area is 126 Å². The van der Waals surface area contributed by atoms with Gasteiger partial charge in [0.2, 0.25) is 0 Å². The second-order valence-electron chi connectivity index (χ2n) is 4.38. The fourth-order valence-corrected chi connectivity index (χ4v) is 1.89. The van der Waals surface area contributed by atoms with Gasteiger partial charge in [-0.15, -0.1) is 0 Å². The van der Waals surface area contributed by atoms with Crippen LogP contribution in [0.3, 0.4) is 0 Å². The van der Waals surface area contributed by atoms with Gasteiger partial charge in [0, 0.05) is 18.8 Å². The summed E-state index contributed by atoms with van der Waals surface area (Å²) in [5, 5.41) is 6.53. The fraction of sp³-hybridized carbons (Fsp3) is 0.200. The van der Waals surface area contributed by atoms with Gasteiger partial charge in [-0.1, -0.05) is 12.1 Å². The molecule has 114 valence electrons. The molecule has 0 fully saturated rings. The minimum Gasteiger partial charge on any atom is -0.465 e. The molecule has 2 aromatic rings. The van der Waals surface area contributed by atoms with Crippen molar-refractivity contribution < 1.29 is 14.3 Å². The van der Waals surface area contributed by atoms with Crippen LogP contribution in [-0.2, 0) is 11.3 Å². The molecular formula is C15H15N3O4. The number of rotatable bonds is 5. The predicted molar refractivity (Wildman–Crippen MR) is 78.6 cm³/mol. The molecule has 0 atom stereocenters. The zero-order chi connectivity index (χ0) is 15.9. The van der Waals surface area contributed by atoms with Crippen molar-refractivity contribution in [3.63, 3.8) is 0 Å². The molecule has 1 aromatic carbocycles. The normalized spacial score (nSPS) is 10.0. The summed E-state index contributed by atoms with van der Waals surface area (Å²) in [6, 6.07) is 9.30. The Balaban J connectivity index is 2.03. The second-order valence-corrected chi connectivity index (χ2v) is 4.38. The van der Waals surface area contributed by atoms with Crippen molar-refractivity contribution in [2.24, 2.45) is 0 Å². The smallest absolute Gasteiger partial charge is 0.338 e. The minimum atomic E-state index is -0.577. The summed E-state index contributed by atoms with van der Waals surface area (Å²) in [7, 11) is 1.25. The number of esters is 1. The maximum Gasteiger partial charge on any atom is 0.338 e. The van der Waals surface area contributed by atoms with E-state index >= 15 is 0 Å². The molecule has 2 rings (SSSR count). The lowest BCUT2D eigenvalue weighted by Crippen LogP contribution is -2.32. The van der Waals surface area contributed by atoms with Crippen molar-refractivity contribution in [3.8, 4) is 0 Å². The van der Waals surface area contributed by atoms with Crippen LogP contribution >= 0.6 is 0 Å². The number of nitrogens with one attached hydrogen (secondary N) is 1. The van der Waals surface area contributed by atoms with Crippen LogP contribution in [0, 0.1) is 0 Å². The lowest BCUT2D eigenvalue weighted by Gasteiger charge is -2.09. The number of aromatic nitrogens is 2. The first-order valence-electron chi connectivity index (χ1n) is 6.61. The molecule has 0 aliphatic carbocycles. The molecule has 0 aliphatic heterocycles. The van der Waals surface area contributed by atoms with Gasteiger partial charge in [0.05, 0.1) is 24.8 Å². The number of methoxy groups -OCH3 is 1. The Morgan fingerprint density at radius 2 is 1.91 bits per heavy atom. The van der Waals surface area contributed by atoms with Crippen molar-refractivity contribution in [1.29, 1.82) is 0 Å². The highest BCUT2D eigenvalue weighted by atomic mass is 16.5. The van der Waals surface area contributed by atoms with Crippen molar-refractivity contribution >= 4 is 11.9 Å². The highest BCUT2D eigenvalue weighted by Gasteiger charge is 2.16. The monoisotopic (exact) mass is 301 g/mol. The van der Waals surface area contributed by atoms with Gasteiger partial charge in [-0.25, -0.2) is 9.48 Å². The first-order chi connectivity index (χ1) is 10.6. The molecule has 7 heteroatoms. The third kappa shape index (κ3) is 3.57. The maximum absolute atomic E-state index is 12.1. The van der Waals surface area contributed by atoms with Gasteiger partial charge in [-0.3, -0.25) is 9.59 Å². The van der Waals surface area contributed by atoms with Crippen LogP contribution in [0.5, 0.6) is 0 Å². The minimum absolute atomic E-state index is 0.192. The molecule has 0 aliphatic rings. The summed E-state index contributed by atoms with van der Waals surface area (Å²) in [6.07, 6.45) is 1.50. The summed E-state index contributed by atoms with van der Waals surface area (Å²) in [5.41, 5.74) is 0.173. The van der Waals surface area contributed by atoms with Gasteiger partial charge >= 0.3 is 5.97 Å². The zero-order valence-electron chi connectivity index (χ0n) is 12.0. The van der Waals surface area contributed by atoms with Crippen LogP contribution in [0.25, 0.3) is 0 Å². The molecule has 1 aromatic heterocycles. The van der Waals surface area contributed by atoms with E-state index in [9.17, 15) is 14.4 Å². The van der Waals surface area contributed by atoms with Gasteiger partial charge < -0.3 is 10.1 Å². The summed E-state index contributed by atoms with van der Waals surface area (Å²) in [6.45, 7) is 0.455. The van der Waals surface area contributed by atoms with Gasteiger partial charge in [-0.2, -0.15) is 5.10 Å². The summed E-state index contributed by atoms with van der Waals surface area (Å²) >= 11 is 0. The van der Waals surface area contributed by atoms with Crippen molar-refractivity contribution in [1.82, 2.24) is 15.1 Å². The number of ether oxygens (including phenoxy) is 1. The molecule has 1 heterocycles. The van der Waals surface area contributed by atoms with Crippen LogP contribution in [0.2, 0.25) is 0 Å². The predicted octanol–water partition coefficient (Wildman–Crippen LogP) is 0.460. The molecule has 1 N–H and O–H groups in total. The largest absolute Gasteiger partial charge is 0.465 e. The van der Waals surface area contributed by atoms with E-state index < -0.39 is 11.9 Å². The average Bonchev–Trinajstić information content (AvgIpc) is 2.55. The number of amides is 1. The number of nitrogens with zero attached hydrogens (tertiary/aromatic N) is 2. The standard InChI is InChI=1S/C15H15N3O4/c1-22-15(21)12-6-3-2-5-11(12)14(20)16-9-10-18-13(19)7-4-8-17-18/h2-8H,9-10H2,1H3,(H,16,20). The molecule has 0 saturated carbocycles. The molecule has 0 unspecified atom stereocenters. The summed E-state index contributed by atoms with van der Waals surface area (Å²) < 4.78 is 5.88. The van der Waals surface area contributed by atoms with E-state index in [0.717, 1.165) is 0 Å². The Hall–Kier alpha value is -2.96. The first kappa shape index (κ1) is 15.4. The molecule has 0 radical (unpaired) electrons. The van der Waals surface area contributed by atoms with Gasteiger partial charge in [0.15, 0.2) is 0 Å². The lowest BCUT2D eigenvalue weighted by molar-refractivity contribution is 0.0596. The van der Waals surface area contributed by atoms with Crippen LogP contribution in [-0.4, -0.2) is 35.3 Å². The Bertz CT molecular complexity index is 739. The first-order valence-corrected chi connectivity index (χ1v) is 6.61. The van der Waals surface area contributed by atoms with E-state index in [4.69, 9.17) is 0 Å². The third-order valence-corrected chi connectivity index (χ3v) is 2.97. The van der Waals surface area contributed by atoms with E-state index in [2.05, 4.69) is 15.2 Å². The van der Waals surface area contributed by atoms with Crippen molar-refractivity contribution in [2.75, 3.05) is 13.7 Å². The highest BCUT2D eigenvalue weighted by molar-refractivity contribution is 6.05. The highest BCUT2D eigenvalue weighted by Crippen LogP contribution is 2.09. The Morgan fingerprint density at radius 1 is 1.18 bits per heavy atom. The molecule has 22 heavy (non-hydrogen) atoms. The van der Waals surface area contributed by atoms with Crippen molar-refractivity contribution in [3.05, 3.63) is 64.1 Å². The van der Waals surface area contributed by atoms with E-state index in [0.29, 0.717) is 0 Å². The zero-order valence-corrected chi connectivity index (χ0v) is 12.0. The third-order valence-electron chi connectivity index (χ3n) is 2.97. The molecule has 7 nitrogen and oxygen atoms in total. The van der Waals surface area contributed by atoms with E-state index in [-0.39, 0.29) is 29.8 Å². The molecule has 0 saturated heterocycles. The van der Waals surface area contributed by atoms with Gasteiger partial charge in [-0.05, 0) is 18.2 Å². The molecule has 0 spiro atoms. The van der Waals surface area contributed by atoms with E-state index in [1.807, 2.05) is 0 Å². The average molecular weight is 301 g/mol. The summed E-state index contributed by atoms with van der Waals surface area (Å²) in [5.74, 6) is -0.989.